The number of alkyl halides is 3. The van der Waals surface area contributed by atoms with Crippen molar-refractivity contribution in [3.63, 3.8) is 0 Å². The zero-order valence-corrected chi connectivity index (χ0v) is 6.28. The van der Waals surface area contributed by atoms with E-state index in [2.05, 4.69) is 5.32 Å². The molecule has 1 N–H and O–H groups in total. The Labute approximate surface area is 63.4 Å². The van der Waals surface area contributed by atoms with E-state index < -0.39 is 12.7 Å². The molecule has 66 valence electrons. The predicted molar refractivity (Wildman–Crippen MR) is 35.3 cm³/mol. The van der Waals surface area contributed by atoms with Crippen molar-refractivity contribution < 1.29 is 13.2 Å². The predicted octanol–water partition coefficient (Wildman–Crippen LogP) is 0.452. The van der Waals surface area contributed by atoms with Crippen LogP contribution >= 0.6 is 0 Å². The maximum Gasteiger partial charge on any atom is 0.401 e. The summed E-state index contributed by atoms with van der Waals surface area (Å²) in [6.07, 6.45) is -4.04. The summed E-state index contributed by atoms with van der Waals surface area (Å²) in [5.74, 6) is 0. The minimum Gasteiger partial charge on any atom is -0.315 e. The first-order valence-electron chi connectivity index (χ1n) is 3.47. The lowest BCUT2D eigenvalue weighted by Crippen LogP contribution is -2.58. The van der Waals surface area contributed by atoms with Crippen LogP contribution in [0.2, 0.25) is 0 Å². The zero-order valence-electron chi connectivity index (χ0n) is 6.28. The summed E-state index contributed by atoms with van der Waals surface area (Å²) in [5.41, 5.74) is 0. The standard InChI is InChI=1S/C6H11F3N2/c1-10-5-2-11(3-5)4-6(7,8)9/h5,10H,2-4H2,1H3. The van der Waals surface area contributed by atoms with E-state index in [0.29, 0.717) is 13.1 Å². The van der Waals surface area contributed by atoms with Crippen molar-refractivity contribution in [1.82, 2.24) is 10.2 Å². The lowest BCUT2D eigenvalue weighted by atomic mass is 10.1. The Balaban J connectivity index is 2.14. The summed E-state index contributed by atoms with van der Waals surface area (Å²) >= 11 is 0. The van der Waals surface area contributed by atoms with Crippen molar-refractivity contribution in [2.45, 2.75) is 12.2 Å². The van der Waals surface area contributed by atoms with Crippen LogP contribution in [0.25, 0.3) is 0 Å². The zero-order chi connectivity index (χ0) is 8.48. The number of likely N-dealkylation sites (tertiary alicyclic amines) is 1. The highest BCUT2D eigenvalue weighted by Gasteiger charge is 2.36. The van der Waals surface area contributed by atoms with E-state index in [-0.39, 0.29) is 6.04 Å². The smallest absolute Gasteiger partial charge is 0.315 e. The molecule has 1 rings (SSSR count). The van der Waals surface area contributed by atoms with Gasteiger partial charge in [0.2, 0.25) is 0 Å². The first kappa shape index (κ1) is 8.80. The third-order valence-electron chi connectivity index (χ3n) is 1.77. The molecular weight excluding hydrogens is 157 g/mol. The van der Waals surface area contributed by atoms with E-state index >= 15 is 0 Å². The average Bonchev–Trinajstić information content (AvgIpc) is 1.75. The van der Waals surface area contributed by atoms with Gasteiger partial charge in [0.1, 0.15) is 0 Å². The Bertz CT molecular complexity index is 128. The summed E-state index contributed by atoms with van der Waals surface area (Å²) in [4.78, 5) is 1.38. The molecule has 5 heteroatoms. The number of hydrogen-bond acceptors (Lipinski definition) is 2. The van der Waals surface area contributed by atoms with Crippen LogP contribution in [0.5, 0.6) is 0 Å². The summed E-state index contributed by atoms with van der Waals surface area (Å²) in [5, 5.41) is 2.91. The average molecular weight is 168 g/mol. The minimum absolute atomic E-state index is 0.248. The van der Waals surface area contributed by atoms with Crippen LogP contribution in [0.15, 0.2) is 0 Å². The lowest BCUT2D eigenvalue weighted by Gasteiger charge is -2.39. The van der Waals surface area contributed by atoms with Crippen LogP contribution in [-0.2, 0) is 0 Å². The molecule has 0 atom stereocenters. The van der Waals surface area contributed by atoms with Gasteiger partial charge in [0.25, 0.3) is 0 Å². The quantitative estimate of drug-likeness (QED) is 0.644. The monoisotopic (exact) mass is 168 g/mol. The lowest BCUT2D eigenvalue weighted by molar-refractivity contribution is -0.155. The number of nitrogens with zero attached hydrogens (tertiary/aromatic N) is 1. The molecule has 0 aromatic heterocycles. The largest absolute Gasteiger partial charge is 0.401 e. The number of likely N-dealkylation sites (N-methyl/N-ethyl adjacent to an activating group) is 1. The van der Waals surface area contributed by atoms with Gasteiger partial charge in [-0.15, -0.1) is 0 Å². The van der Waals surface area contributed by atoms with Crippen molar-refractivity contribution in [2.24, 2.45) is 0 Å². The maximum absolute atomic E-state index is 11.7. The van der Waals surface area contributed by atoms with Crippen molar-refractivity contribution in [1.29, 1.82) is 0 Å². The van der Waals surface area contributed by atoms with Crippen LogP contribution in [0.3, 0.4) is 0 Å². The van der Waals surface area contributed by atoms with Crippen molar-refractivity contribution >= 4 is 0 Å². The van der Waals surface area contributed by atoms with Crippen LogP contribution in [-0.4, -0.2) is 43.8 Å². The molecule has 1 fully saturated rings. The van der Waals surface area contributed by atoms with E-state index in [0.717, 1.165) is 0 Å². The minimum atomic E-state index is -4.04. The third-order valence-corrected chi connectivity index (χ3v) is 1.77. The Morgan fingerprint density at radius 3 is 2.36 bits per heavy atom. The molecule has 0 aliphatic carbocycles. The number of rotatable bonds is 2. The second-order valence-electron chi connectivity index (χ2n) is 2.79. The van der Waals surface area contributed by atoms with Crippen molar-refractivity contribution in [2.75, 3.05) is 26.7 Å². The van der Waals surface area contributed by atoms with Gasteiger partial charge in [0, 0.05) is 19.1 Å². The Hall–Kier alpha value is -0.290. The molecule has 11 heavy (non-hydrogen) atoms. The van der Waals surface area contributed by atoms with E-state index in [1.54, 1.807) is 7.05 Å². The molecule has 0 saturated carbocycles. The Morgan fingerprint density at radius 1 is 1.45 bits per heavy atom. The summed E-state index contributed by atoms with van der Waals surface area (Å²) in [6, 6.07) is 0.248. The van der Waals surface area contributed by atoms with E-state index in [9.17, 15) is 13.2 Å². The topological polar surface area (TPSA) is 15.3 Å². The SMILES string of the molecule is CNC1CN(CC(F)(F)F)C1. The first-order valence-corrected chi connectivity index (χ1v) is 3.47. The molecule has 0 spiro atoms. The fourth-order valence-electron chi connectivity index (χ4n) is 1.14. The molecule has 0 amide bonds. The molecule has 0 radical (unpaired) electrons. The van der Waals surface area contributed by atoms with Gasteiger partial charge >= 0.3 is 6.18 Å². The summed E-state index contributed by atoms with van der Waals surface area (Å²) in [7, 11) is 1.76. The van der Waals surface area contributed by atoms with Gasteiger partial charge in [-0.1, -0.05) is 0 Å². The molecule has 1 heterocycles. The van der Waals surface area contributed by atoms with Gasteiger partial charge in [-0.3, -0.25) is 4.90 Å². The third kappa shape index (κ3) is 2.67. The Kier molecular flexibility index (Phi) is 2.39. The van der Waals surface area contributed by atoms with E-state index in [1.807, 2.05) is 0 Å². The molecule has 0 aromatic rings. The van der Waals surface area contributed by atoms with E-state index in [1.165, 1.54) is 4.90 Å². The fourth-order valence-corrected chi connectivity index (χ4v) is 1.14. The van der Waals surface area contributed by atoms with Gasteiger partial charge in [-0.25, -0.2) is 0 Å². The highest BCUT2D eigenvalue weighted by molar-refractivity contribution is 4.85. The normalized spacial score (nSPS) is 21.8. The van der Waals surface area contributed by atoms with Crippen LogP contribution in [0.4, 0.5) is 13.2 Å². The number of halogens is 3. The first-order chi connectivity index (χ1) is 5.01. The molecule has 0 unspecified atom stereocenters. The summed E-state index contributed by atoms with van der Waals surface area (Å²) in [6.45, 7) is 0.247. The molecule has 1 saturated heterocycles. The molecule has 1 aliphatic rings. The second-order valence-corrected chi connectivity index (χ2v) is 2.79. The maximum atomic E-state index is 11.7. The molecular formula is C6H11F3N2. The number of nitrogens with one attached hydrogen (secondary N) is 1. The van der Waals surface area contributed by atoms with Crippen LogP contribution < -0.4 is 5.32 Å². The molecule has 0 bridgehead atoms. The summed E-state index contributed by atoms with van der Waals surface area (Å²) < 4.78 is 35.1. The van der Waals surface area contributed by atoms with Gasteiger partial charge in [0.05, 0.1) is 6.54 Å². The highest BCUT2D eigenvalue weighted by atomic mass is 19.4. The number of hydrogen-bond donors (Lipinski definition) is 1. The van der Waals surface area contributed by atoms with Crippen molar-refractivity contribution in [3.8, 4) is 0 Å². The molecule has 0 aromatic carbocycles. The van der Waals surface area contributed by atoms with Crippen molar-refractivity contribution in [3.05, 3.63) is 0 Å². The van der Waals surface area contributed by atoms with Crippen LogP contribution in [0.1, 0.15) is 0 Å². The fraction of sp³-hybridized carbons (Fsp3) is 1.00. The van der Waals surface area contributed by atoms with Gasteiger partial charge in [0.15, 0.2) is 0 Å². The van der Waals surface area contributed by atoms with E-state index in [4.69, 9.17) is 0 Å². The van der Waals surface area contributed by atoms with Gasteiger partial charge in [-0.05, 0) is 7.05 Å². The second kappa shape index (κ2) is 2.98. The molecule has 1 aliphatic heterocycles. The Morgan fingerprint density at radius 2 is 2.00 bits per heavy atom. The highest BCUT2D eigenvalue weighted by Crippen LogP contribution is 2.19. The molecule has 2 nitrogen and oxygen atoms in total. The van der Waals surface area contributed by atoms with Gasteiger partial charge in [-0.2, -0.15) is 13.2 Å². The van der Waals surface area contributed by atoms with Gasteiger partial charge < -0.3 is 5.32 Å². The van der Waals surface area contributed by atoms with Crippen LogP contribution in [0, 0.1) is 0 Å².